The monoisotopic (exact) mass is 522 g/mol. The Kier molecular flexibility index (Phi) is 11.9. The molecule has 162 valence electrons. The van der Waals surface area contributed by atoms with Crippen molar-refractivity contribution in [2.45, 2.75) is 53.2 Å². The number of aliphatic imine (C=N–C) groups is 1. The normalized spacial score (nSPS) is 19.8. The number of guanidine groups is 1. The Labute approximate surface area is 192 Å². The predicted octanol–water partition coefficient (Wildman–Crippen LogP) is 4.19. The average molecular weight is 523 g/mol. The Morgan fingerprint density at radius 3 is 2.79 bits per heavy atom. The lowest BCUT2D eigenvalue weighted by molar-refractivity contribution is 0.0241. The van der Waals surface area contributed by atoms with Gasteiger partial charge in [0.2, 0.25) is 0 Å². The van der Waals surface area contributed by atoms with E-state index < -0.39 is 0 Å². The van der Waals surface area contributed by atoms with Gasteiger partial charge in [-0.2, -0.15) is 0 Å². The Bertz CT molecular complexity index is 559. The number of rotatable bonds is 8. The molecule has 28 heavy (non-hydrogen) atoms. The molecule has 0 aromatic carbocycles. The fourth-order valence-corrected chi connectivity index (χ4v) is 4.29. The number of hydrogen-bond donors (Lipinski definition) is 2. The summed E-state index contributed by atoms with van der Waals surface area (Å²) in [7, 11) is 1.77. The predicted molar refractivity (Wildman–Crippen MR) is 132 cm³/mol. The first-order valence-electron chi connectivity index (χ1n) is 10.2. The number of halogens is 1. The summed E-state index contributed by atoms with van der Waals surface area (Å²) in [5.74, 6) is 1.57. The van der Waals surface area contributed by atoms with Gasteiger partial charge in [0.05, 0.1) is 12.6 Å². The molecule has 0 amide bonds. The first-order chi connectivity index (χ1) is 12.9. The minimum Gasteiger partial charge on any atom is -0.379 e. The second-order valence-electron chi connectivity index (χ2n) is 8.51. The van der Waals surface area contributed by atoms with Gasteiger partial charge in [0.15, 0.2) is 5.96 Å². The molecule has 0 saturated carbocycles. The standard InChI is InChI=1S/C21H38N4OS.HI/c1-6-22-20(24-14-19(26-5)21(2,3)4)23-13-17-9-7-11-25(15-17)16-18-10-8-12-27-18;/h8,10,12,17,19H,6-7,9,11,13-16H2,1-5H3,(H2,22,23,24);1H. The second kappa shape index (κ2) is 13.0. The van der Waals surface area contributed by atoms with E-state index in [1.807, 2.05) is 11.3 Å². The van der Waals surface area contributed by atoms with Gasteiger partial charge < -0.3 is 15.4 Å². The Morgan fingerprint density at radius 1 is 1.39 bits per heavy atom. The summed E-state index contributed by atoms with van der Waals surface area (Å²) in [4.78, 5) is 8.83. The van der Waals surface area contributed by atoms with Crippen molar-refractivity contribution < 1.29 is 4.74 Å². The number of thiophene rings is 1. The van der Waals surface area contributed by atoms with Crippen LogP contribution < -0.4 is 10.6 Å². The summed E-state index contributed by atoms with van der Waals surface area (Å²) in [5.41, 5.74) is 0.0846. The molecule has 1 aromatic rings. The quantitative estimate of drug-likeness (QED) is 0.306. The topological polar surface area (TPSA) is 48.9 Å². The zero-order chi connectivity index (χ0) is 19.7. The summed E-state index contributed by atoms with van der Waals surface area (Å²) in [6.45, 7) is 14.7. The van der Waals surface area contributed by atoms with Crippen molar-refractivity contribution in [2.24, 2.45) is 16.3 Å². The molecule has 0 radical (unpaired) electrons. The number of nitrogens with zero attached hydrogens (tertiary/aromatic N) is 2. The first kappa shape index (κ1) is 25.7. The molecule has 2 heterocycles. The molecule has 1 aromatic heterocycles. The van der Waals surface area contributed by atoms with Crippen LogP contribution in [0.1, 0.15) is 45.4 Å². The van der Waals surface area contributed by atoms with E-state index in [1.54, 1.807) is 7.11 Å². The maximum atomic E-state index is 5.63. The van der Waals surface area contributed by atoms with E-state index >= 15 is 0 Å². The maximum absolute atomic E-state index is 5.63. The third-order valence-corrected chi connectivity index (χ3v) is 5.99. The van der Waals surface area contributed by atoms with E-state index in [0.29, 0.717) is 12.5 Å². The SMILES string of the molecule is CCNC(=NCC(OC)C(C)(C)C)NCC1CCCN(Cc2cccs2)C1.I. The molecule has 7 heteroatoms. The summed E-state index contributed by atoms with van der Waals surface area (Å²) < 4.78 is 5.63. The van der Waals surface area contributed by atoms with E-state index in [9.17, 15) is 0 Å². The average Bonchev–Trinajstić information content (AvgIpc) is 3.12. The van der Waals surface area contributed by atoms with Crippen LogP contribution in [-0.2, 0) is 11.3 Å². The lowest BCUT2D eigenvalue weighted by Crippen LogP contribution is -2.44. The van der Waals surface area contributed by atoms with E-state index in [1.165, 1.54) is 24.3 Å². The highest BCUT2D eigenvalue weighted by Gasteiger charge is 2.24. The lowest BCUT2D eigenvalue weighted by Gasteiger charge is -2.33. The number of piperidine rings is 1. The Balaban J connectivity index is 0.00000392. The molecule has 2 rings (SSSR count). The second-order valence-corrected chi connectivity index (χ2v) is 9.55. The van der Waals surface area contributed by atoms with Crippen LogP contribution in [0, 0.1) is 11.3 Å². The van der Waals surface area contributed by atoms with Crippen molar-refractivity contribution in [3.05, 3.63) is 22.4 Å². The minimum atomic E-state index is 0. The number of likely N-dealkylation sites (tertiary alicyclic amines) is 1. The highest BCUT2D eigenvalue weighted by molar-refractivity contribution is 14.0. The lowest BCUT2D eigenvalue weighted by atomic mass is 9.89. The minimum absolute atomic E-state index is 0. The molecule has 0 aliphatic carbocycles. The van der Waals surface area contributed by atoms with Gasteiger partial charge in [0, 0.05) is 38.2 Å². The van der Waals surface area contributed by atoms with E-state index in [4.69, 9.17) is 9.73 Å². The van der Waals surface area contributed by atoms with Crippen LogP contribution in [0.3, 0.4) is 0 Å². The molecule has 2 N–H and O–H groups in total. The highest BCUT2D eigenvalue weighted by atomic mass is 127. The summed E-state index contributed by atoms with van der Waals surface area (Å²) >= 11 is 1.86. The van der Waals surface area contributed by atoms with Gasteiger partial charge in [-0.3, -0.25) is 9.89 Å². The summed E-state index contributed by atoms with van der Waals surface area (Å²) in [6, 6.07) is 4.39. The van der Waals surface area contributed by atoms with Gasteiger partial charge in [-0.25, -0.2) is 0 Å². The largest absolute Gasteiger partial charge is 0.379 e. The molecule has 1 saturated heterocycles. The first-order valence-corrected chi connectivity index (χ1v) is 11.1. The van der Waals surface area contributed by atoms with Crippen LogP contribution in [0.25, 0.3) is 0 Å². The van der Waals surface area contributed by atoms with Gasteiger partial charge in [0.25, 0.3) is 0 Å². The number of nitrogens with one attached hydrogen (secondary N) is 2. The fourth-order valence-electron chi connectivity index (χ4n) is 3.54. The van der Waals surface area contributed by atoms with Crippen LogP contribution in [0.15, 0.2) is 22.5 Å². The van der Waals surface area contributed by atoms with Crippen molar-refractivity contribution in [1.82, 2.24) is 15.5 Å². The summed E-state index contributed by atoms with van der Waals surface area (Å²) in [5, 5.41) is 9.10. The number of hydrogen-bond acceptors (Lipinski definition) is 4. The molecule has 0 spiro atoms. The van der Waals surface area contributed by atoms with Crippen molar-refractivity contribution in [3.63, 3.8) is 0 Å². The zero-order valence-electron chi connectivity index (χ0n) is 18.2. The van der Waals surface area contributed by atoms with Gasteiger partial charge in [-0.15, -0.1) is 35.3 Å². The van der Waals surface area contributed by atoms with Crippen LogP contribution in [-0.4, -0.2) is 56.8 Å². The van der Waals surface area contributed by atoms with Crippen molar-refractivity contribution in [1.29, 1.82) is 0 Å². The number of ether oxygens (including phenoxy) is 1. The maximum Gasteiger partial charge on any atom is 0.191 e. The van der Waals surface area contributed by atoms with Gasteiger partial charge in [0.1, 0.15) is 0 Å². The van der Waals surface area contributed by atoms with Crippen molar-refractivity contribution in [3.8, 4) is 0 Å². The van der Waals surface area contributed by atoms with E-state index in [2.05, 4.69) is 60.7 Å². The van der Waals surface area contributed by atoms with Crippen LogP contribution >= 0.6 is 35.3 Å². The van der Waals surface area contributed by atoms with Crippen molar-refractivity contribution in [2.75, 3.05) is 39.8 Å². The Morgan fingerprint density at radius 2 is 2.18 bits per heavy atom. The van der Waals surface area contributed by atoms with Gasteiger partial charge >= 0.3 is 0 Å². The third kappa shape index (κ3) is 8.97. The molecule has 2 atom stereocenters. The fraction of sp³-hybridized carbons (Fsp3) is 0.762. The van der Waals surface area contributed by atoms with Crippen LogP contribution in [0.4, 0.5) is 0 Å². The smallest absolute Gasteiger partial charge is 0.191 e. The van der Waals surface area contributed by atoms with E-state index in [-0.39, 0.29) is 35.5 Å². The molecular formula is C21H39IN4OS. The molecule has 2 unspecified atom stereocenters. The zero-order valence-corrected chi connectivity index (χ0v) is 21.3. The molecule has 5 nitrogen and oxygen atoms in total. The van der Waals surface area contributed by atoms with Crippen molar-refractivity contribution >= 4 is 41.3 Å². The van der Waals surface area contributed by atoms with Crippen LogP contribution in [0.5, 0.6) is 0 Å². The highest BCUT2D eigenvalue weighted by Crippen LogP contribution is 2.22. The summed E-state index contributed by atoms with van der Waals surface area (Å²) in [6.07, 6.45) is 2.68. The molecular weight excluding hydrogens is 483 g/mol. The van der Waals surface area contributed by atoms with Gasteiger partial charge in [-0.05, 0) is 49.1 Å². The Hall–Kier alpha value is -0.380. The third-order valence-electron chi connectivity index (χ3n) is 5.13. The van der Waals surface area contributed by atoms with Gasteiger partial charge in [-0.1, -0.05) is 26.8 Å². The van der Waals surface area contributed by atoms with E-state index in [0.717, 1.165) is 32.1 Å². The number of methoxy groups -OCH3 is 1. The van der Waals surface area contributed by atoms with Crippen LogP contribution in [0.2, 0.25) is 0 Å². The molecule has 1 aliphatic rings. The molecule has 1 fully saturated rings. The molecule has 0 bridgehead atoms. The molecule has 1 aliphatic heterocycles.